The van der Waals surface area contributed by atoms with E-state index in [0.29, 0.717) is 44.1 Å². The predicted octanol–water partition coefficient (Wildman–Crippen LogP) is 1.86. The smallest absolute Gasteiger partial charge is 0.243 e. The van der Waals surface area contributed by atoms with E-state index >= 15 is 0 Å². The maximum atomic E-state index is 12.5. The third kappa shape index (κ3) is 4.40. The Morgan fingerprint density at radius 1 is 1.33 bits per heavy atom. The minimum absolute atomic E-state index is 0.127. The monoisotopic (exact) mass is 332 g/mol. The molecule has 0 amide bonds. The molecule has 0 aromatic heterocycles. The number of nitrogens with zero attached hydrogens (tertiary/aromatic N) is 1. The van der Waals surface area contributed by atoms with Gasteiger partial charge in [-0.1, -0.05) is 17.7 Å². The molecule has 1 aliphatic heterocycles. The van der Waals surface area contributed by atoms with Crippen molar-refractivity contribution in [3.8, 4) is 0 Å². The molecule has 2 rings (SSSR count). The number of benzene rings is 1. The van der Waals surface area contributed by atoms with Crippen LogP contribution in [-0.2, 0) is 14.8 Å². The summed E-state index contributed by atoms with van der Waals surface area (Å²) in [6.45, 7) is 2.20. The van der Waals surface area contributed by atoms with Crippen molar-refractivity contribution in [1.82, 2.24) is 4.31 Å². The Hall–Kier alpha value is -0.660. The van der Waals surface area contributed by atoms with Crippen molar-refractivity contribution in [3.63, 3.8) is 0 Å². The van der Waals surface area contributed by atoms with Crippen LogP contribution < -0.4 is 5.73 Å². The first-order valence-corrected chi connectivity index (χ1v) is 8.93. The second-order valence-electron chi connectivity index (χ2n) is 5.07. The number of sulfonamides is 1. The molecule has 118 valence electrons. The summed E-state index contributed by atoms with van der Waals surface area (Å²) in [5, 5.41) is 0.427. The van der Waals surface area contributed by atoms with E-state index in [1.807, 2.05) is 0 Å². The van der Waals surface area contributed by atoms with Gasteiger partial charge in [-0.25, -0.2) is 8.42 Å². The van der Waals surface area contributed by atoms with E-state index in [-0.39, 0.29) is 11.0 Å². The summed E-state index contributed by atoms with van der Waals surface area (Å²) in [7, 11) is -3.46. The fourth-order valence-electron chi connectivity index (χ4n) is 2.35. The molecule has 0 unspecified atom stereocenters. The van der Waals surface area contributed by atoms with Crippen molar-refractivity contribution >= 4 is 21.6 Å². The lowest BCUT2D eigenvalue weighted by atomic mass is 10.1. The summed E-state index contributed by atoms with van der Waals surface area (Å²) >= 11 is 5.87. The summed E-state index contributed by atoms with van der Waals surface area (Å²) in [6.07, 6.45) is 2.39. The topological polar surface area (TPSA) is 72.6 Å². The van der Waals surface area contributed by atoms with E-state index in [1.165, 1.54) is 10.4 Å². The highest BCUT2D eigenvalue weighted by atomic mass is 35.5. The fourth-order valence-corrected chi connectivity index (χ4v) is 4.12. The van der Waals surface area contributed by atoms with E-state index in [4.69, 9.17) is 22.1 Å². The zero-order chi connectivity index (χ0) is 15.3. The molecule has 0 radical (unpaired) electrons. The van der Waals surface area contributed by atoms with Gasteiger partial charge < -0.3 is 10.5 Å². The average molecular weight is 333 g/mol. The van der Waals surface area contributed by atoms with E-state index in [1.54, 1.807) is 18.2 Å². The molecular formula is C14H21ClN2O3S. The molecule has 1 aromatic rings. The maximum absolute atomic E-state index is 12.5. The molecule has 21 heavy (non-hydrogen) atoms. The highest BCUT2D eigenvalue weighted by molar-refractivity contribution is 7.89. The quantitative estimate of drug-likeness (QED) is 0.807. The average Bonchev–Trinajstić information content (AvgIpc) is 2.48. The lowest BCUT2D eigenvalue weighted by Gasteiger charge is -2.31. The molecule has 2 N–H and O–H groups in total. The van der Waals surface area contributed by atoms with Gasteiger partial charge in [-0.2, -0.15) is 4.31 Å². The van der Waals surface area contributed by atoms with Gasteiger partial charge in [0.1, 0.15) is 0 Å². The number of ether oxygens (including phenoxy) is 1. The Morgan fingerprint density at radius 3 is 2.67 bits per heavy atom. The van der Waals surface area contributed by atoms with Gasteiger partial charge in [-0.15, -0.1) is 0 Å². The third-order valence-electron chi connectivity index (χ3n) is 3.54. The maximum Gasteiger partial charge on any atom is 0.243 e. The molecule has 1 aliphatic rings. The van der Waals surface area contributed by atoms with Gasteiger partial charge in [0.15, 0.2) is 0 Å². The fraction of sp³-hybridized carbons (Fsp3) is 0.571. The first-order valence-electron chi connectivity index (χ1n) is 7.11. The Morgan fingerprint density at radius 2 is 2.05 bits per heavy atom. The Kier molecular flexibility index (Phi) is 6.01. The van der Waals surface area contributed by atoms with Crippen LogP contribution >= 0.6 is 11.6 Å². The summed E-state index contributed by atoms with van der Waals surface area (Å²) in [5.41, 5.74) is 5.42. The first kappa shape index (κ1) is 16.7. The van der Waals surface area contributed by atoms with E-state index in [2.05, 4.69) is 0 Å². The Labute approximate surface area is 131 Å². The van der Waals surface area contributed by atoms with Crippen LogP contribution in [0.3, 0.4) is 0 Å². The molecule has 0 aliphatic carbocycles. The van der Waals surface area contributed by atoms with Gasteiger partial charge in [-0.3, -0.25) is 0 Å². The lowest BCUT2D eigenvalue weighted by molar-refractivity contribution is 0.0209. The van der Waals surface area contributed by atoms with E-state index < -0.39 is 10.0 Å². The highest BCUT2D eigenvalue weighted by Crippen LogP contribution is 2.23. The molecular weight excluding hydrogens is 312 g/mol. The summed E-state index contributed by atoms with van der Waals surface area (Å²) in [6, 6.07) is 6.38. The second-order valence-corrected chi connectivity index (χ2v) is 7.45. The molecule has 0 spiro atoms. The zero-order valence-corrected chi connectivity index (χ0v) is 13.4. The molecule has 5 nitrogen and oxygen atoms in total. The predicted molar refractivity (Wildman–Crippen MR) is 82.9 cm³/mol. The van der Waals surface area contributed by atoms with Crippen molar-refractivity contribution < 1.29 is 13.2 Å². The van der Waals surface area contributed by atoms with E-state index in [0.717, 1.165) is 6.42 Å². The molecule has 1 heterocycles. The summed E-state index contributed by atoms with van der Waals surface area (Å²) < 4.78 is 32.2. The van der Waals surface area contributed by atoms with Crippen LogP contribution in [0.25, 0.3) is 0 Å². The number of nitrogens with two attached hydrogens (primary N) is 1. The Bertz CT molecular complexity index is 557. The molecule has 1 saturated heterocycles. The van der Waals surface area contributed by atoms with Gasteiger partial charge in [0, 0.05) is 24.7 Å². The van der Waals surface area contributed by atoms with Crippen molar-refractivity contribution in [2.75, 3.05) is 26.2 Å². The minimum atomic E-state index is -3.46. The van der Waals surface area contributed by atoms with Crippen molar-refractivity contribution in [2.45, 2.75) is 30.3 Å². The molecule has 7 heteroatoms. The zero-order valence-electron chi connectivity index (χ0n) is 11.9. The number of hydrogen-bond donors (Lipinski definition) is 1. The largest absolute Gasteiger partial charge is 0.378 e. The number of rotatable bonds is 6. The van der Waals surface area contributed by atoms with Crippen LogP contribution in [0.1, 0.15) is 19.3 Å². The van der Waals surface area contributed by atoms with Gasteiger partial charge in [0.25, 0.3) is 0 Å². The van der Waals surface area contributed by atoms with Gasteiger partial charge >= 0.3 is 0 Å². The van der Waals surface area contributed by atoms with Gasteiger partial charge in [0.05, 0.1) is 11.0 Å². The number of hydrogen-bond acceptors (Lipinski definition) is 4. The molecule has 0 atom stereocenters. The molecule has 1 fully saturated rings. The minimum Gasteiger partial charge on any atom is -0.378 e. The highest BCUT2D eigenvalue weighted by Gasteiger charge is 2.29. The van der Waals surface area contributed by atoms with Crippen LogP contribution in [0.15, 0.2) is 29.2 Å². The lowest BCUT2D eigenvalue weighted by Crippen LogP contribution is -2.41. The summed E-state index contributed by atoms with van der Waals surface area (Å²) in [5.74, 6) is 0. The molecule has 0 bridgehead atoms. The van der Waals surface area contributed by atoms with Crippen molar-refractivity contribution in [1.29, 1.82) is 0 Å². The van der Waals surface area contributed by atoms with Crippen LogP contribution in [0.2, 0.25) is 5.02 Å². The van der Waals surface area contributed by atoms with E-state index in [9.17, 15) is 8.42 Å². The van der Waals surface area contributed by atoms with Gasteiger partial charge in [-0.05, 0) is 44.0 Å². The molecule has 1 aromatic carbocycles. The van der Waals surface area contributed by atoms with Crippen molar-refractivity contribution in [2.24, 2.45) is 5.73 Å². The summed E-state index contributed by atoms with van der Waals surface area (Å²) in [4.78, 5) is 0.248. The number of piperidine rings is 1. The van der Waals surface area contributed by atoms with Crippen LogP contribution in [0, 0.1) is 0 Å². The normalized spacial score (nSPS) is 18.0. The Balaban J connectivity index is 1.95. The number of halogens is 1. The van der Waals surface area contributed by atoms with Crippen molar-refractivity contribution in [3.05, 3.63) is 29.3 Å². The third-order valence-corrected chi connectivity index (χ3v) is 5.67. The van der Waals surface area contributed by atoms with Crippen LogP contribution in [-0.4, -0.2) is 45.1 Å². The first-order chi connectivity index (χ1) is 10.0. The second kappa shape index (κ2) is 7.56. The van der Waals surface area contributed by atoms with Crippen LogP contribution in [0.5, 0.6) is 0 Å². The standard InChI is InChI=1S/C14H21ClN2O3S/c15-12-3-1-4-14(11-12)21(18,19)17-8-5-13(6-9-17)20-10-2-7-16/h1,3-4,11,13H,2,5-10,16H2. The van der Waals surface area contributed by atoms with Gasteiger partial charge in [0.2, 0.25) is 10.0 Å². The van der Waals surface area contributed by atoms with Crippen LogP contribution in [0.4, 0.5) is 0 Å². The SMILES string of the molecule is NCCCOC1CCN(S(=O)(=O)c2cccc(Cl)c2)CC1. The molecule has 0 saturated carbocycles.